The Bertz CT molecular complexity index is 720. The van der Waals surface area contributed by atoms with Crippen LogP contribution in [0.3, 0.4) is 0 Å². The zero-order valence-corrected chi connectivity index (χ0v) is 13.0. The van der Waals surface area contributed by atoms with E-state index in [0.29, 0.717) is 27.2 Å². The number of anilines is 2. The van der Waals surface area contributed by atoms with Crippen LogP contribution in [0.1, 0.15) is 0 Å². The molecule has 114 valence electrons. The number of nitrogens with one attached hydrogen (secondary N) is 2. The van der Waals surface area contributed by atoms with Gasteiger partial charge in [0.1, 0.15) is 5.75 Å². The van der Waals surface area contributed by atoms with Gasteiger partial charge in [0.05, 0.1) is 12.1 Å². The summed E-state index contributed by atoms with van der Waals surface area (Å²) < 4.78 is 5.01. The van der Waals surface area contributed by atoms with Crippen molar-refractivity contribution in [1.29, 1.82) is 0 Å². The first kappa shape index (κ1) is 16.1. The van der Waals surface area contributed by atoms with E-state index in [1.807, 2.05) is 0 Å². The monoisotopic (exact) mass is 338 g/mol. The van der Waals surface area contributed by atoms with E-state index in [2.05, 4.69) is 10.6 Å². The Morgan fingerprint density at radius 3 is 2.14 bits per heavy atom. The summed E-state index contributed by atoms with van der Waals surface area (Å²) in [5.41, 5.74) is 0.817. The van der Waals surface area contributed by atoms with Crippen LogP contribution in [-0.4, -0.2) is 18.9 Å². The fraction of sp³-hybridized carbons (Fsp3) is 0.0667. The molecule has 0 aromatic heterocycles. The summed E-state index contributed by atoms with van der Waals surface area (Å²) >= 11 is 11.8. The van der Waals surface area contributed by atoms with Gasteiger partial charge in [0.2, 0.25) is 0 Å². The molecule has 5 nitrogen and oxygen atoms in total. The Hall–Kier alpha value is -2.24. The van der Waals surface area contributed by atoms with Crippen LogP contribution in [0.15, 0.2) is 42.5 Å². The smallest absolute Gasteiger partial charge is 0.314 e. The van der Waals surface area contributed by atoms with Gasteiger partial charge in [0, 0.05) is 16.4 Å². The second-order valence-electron chi connectivity index (χ2n) is 4.27. The molecule has 0 spiro atoms. The fourth-order valence-corrected chi connectivity index (χ4v) is 2.13. The minimum absolute atomic E-state index is 0.329. The summed E-state index contributed by atoms with van der Waals surface area (Å²) in [6, 6.07) is 11.2. The predicted octanol–water partition coefficient (Wildman–Crippen LogP) is 3.58. The van der Waals surface area contributed by atoms with Gasteiger partial charge in [-0.3, -0.25) is 9.59 Å². The highest BCUT2D eigenvalue weighted by Crippen LogP contribution is 2.27. The first-order valence-electron chi connectivity index (χ1n) is 6.21. The highest BCUT2D eigenvalue weighted by molar-refractivity contribution is 6.44. The van der Waals surface area contributed by atoms with Crippen molar-refractivity contribution in [2.24, 2.45) is 0 Å². The van der Waals surface area contributed by atoms with Crippen molar-refractivity contribution in [2.75, 3.05) is 17.7 Å². The van der Waals surface area contributed by atoms with E-state index in [1.54, 1.807) is 30.3 Å². The molecular weight excluding hydrogens is 327 g/mol. The number of benzene rings is 2. The molecule has 0 aliphatic rings. The van der Waals surface area contributed by atoms with Crippen LogP contribution in [0.25, 0.3) is 0 Å². The number of methoxy groups -OCH3 is 1. The van der Waals surface area contributed by atoms with Crippen LogP contribution in [0.4, 0.5) is 11.4 Å². The van der Waals surface area contributed by atoms with Crippen molar-refractivity contribution in [3.8, 4) is 5.75 Å². The summed E-state index contributed by atoms with van der Waals surface area (Å²) in [4.78, 5) is 23.6. The second kappa shape index (κ2) is 7.15. The van der Waals surface area contributed by atoms with Gasteiger partial charge in [-0.15, -0.1) is 0 Å². The predicted molar refractivity (Wildman–Crippen MR) is 86.7 cm³/mol. The van der Waals surface area contributed by atoms with Crippen molar-refractivity contribution >= 4 is 46.4 Å². The van der Waals surface area contributed by atoms with Gasteiger partial charge in [-0.2, -0.15) is 0 Å². The Morgan fingerprint density at radius 1 is 0.955 bits per heavy atom. The third kappa shape index (κ3) is 4.13. The number of carbonyl (C=O) groups is 2. The molecule has 2 amide bonds. The molecule has 0 aliphatic carbocycles. The maximum atomic E-state index is 11.8. The number of hydrogen-bond acceptors (Lipinski definition) is 3. The molecule has 0 saturated heterocycles. The van der Waals surface area contributed by atoms with Crippen molar-refractivity contribution in [1.82, 2.24) is 0 Å². The summed E-state index contributed by atoms with van der Waals surface area (Å²) in [5.74, 6) is -1.15. The van der Waals surface area contributed by atoms with E-state index in [9.17, 15) is 9.59 Å². The average molecular weight is 339 g/mol. The van der Waals surface area contributed by atoms with E-state index in [-0.39, 0.29) is 0 Å². The van der Waals surface area contributed by atoms with E-state index in [4.69, 9.17) is 27.9 Å². The SMILES string of the molecule is COc1ccc(NC(=O)C(=O)Nc2cccc(Cl)c2)cc1Cl. The lowest BCUT2D eigenvalue weighted by molar-refractivity contribution is -0.132. The summed E-state index contributed by atoms with van der Waals surface area (Å²) in [5, 5.41) is 5.68. The van der Waals surface area contributed by atoms with E-state index < -0.39 is 11.8 Å². The molecule has 0 fully saturated rings. The van der Waals surface area contributed by atoms with Crippen LogP contribution < -0.4 is 15.4 Å². The molecule has 0 saturated carbocycles. The Balaban J connectivity index is 2.02. The van der Waals surface area contributed by atoms with Crippen LogP contribution in [0.5, 0.6) is 5.75 Å². The minimum atomic E-state index is -0.818. The maximum Gasteiger partial charge on any atom is 0.314 e. The van der Waals surface area contributed by atoms with Crippen LogP contribution >= 0.6 is 23.2 Å². The standard InChI is InChI=1S/C15H12Cl2N2O3/c1-22-13-6-5-11(8-12(13)17)19-15(21)14(20)18-10-4-2-3-9(16)7-10/h2-8H,1H3,(H,18,20)(H,19,21). The number of amides is 2. The molecular formula is C15H12Cl2N2O3. The maximum absolute atomic E-state index is 11.8. The fourth-order valence-electron chi connectivity index (χ4n) is 1.69. The first-order chi connectivity index (χ1) is 10.5. The number of ether oxygens (including phenoxy) is 1. The van der Waals surface area contributed by atoms with Crippen LogP contribution in [-0.2, 0) is 9.59 Å². The lowest BCUT2D eigenvalue weighted by atomic mass is 10.3. The molecule has 2 aromatic carbocycles. The zero-order valence-electron chi connectivity index (χ0n) is 11.5. The normalized spacial score (nSPS) is 9.95. The Labute approximate surface area is 137 Å². The molecule has 0 bridgehead atoms. The molecule has 0 radical (unpaired) electrons. The average Bonchev–Trinajstić information content (AvgIpc) is 2.47. The molecule has 0 aliphatic heterocycles. The molecule has 2 aromatic rings. The van der Waals surface area contributed by atoms with Crippen molar-refractivity contribution in [2.45, 2.75) is 0 Å². The number of rotatable bonds is 3. The topological polar surface area (TPSA) is 67.4 Å². The van der Waals surface area contributed by atoms with Gasteiger partial charge < -0.3 is 15.4 Å². The highest BCUT2D eigenvalue weighted by Gasteiger charge is 2.15. The van der Waals surface area contributed by atoms with E-state index in [1.165, 1.54) is 19.2 Å². The van der Waals surface area contributed by atoms with E-state index >= 15 is 0 Å². The second-order valence-corrected chi connectivity index (χ2v) is 5.11. The summed E-state index contributed by atoms with van der Waals surface area (Å²) in [6.45, 7) is 0. The van der Waals surface area contributed by atoms with E-state index in [0.717, 1.165) is 0 Å². The molecule has 0 unspecified atom stereocenters. The van der Waals surface area contributed by atoms with Gasteiger partial charge in [-0.1, -0.05) is 29.3 Å². The zero-order chi connectivity index (χ0) is 16.1. The summed E-state index contributed by atoms with van der Waals surface area (Å²) in [6.07, 6.45) is 0. The molecule has 2 N–H and O–H groups in total. The third-order valence-corrected chi connectivity index (χ3v) is 3.23. The number of carbonyl (C=O) groups excluding carboxylic acids is 2. The van der Waals surface area contributed by atoms with Gasteiger partial charge in [0.15, 0.2) is 0 Å². The molecule has 0 heterocycles. The van der Waals surface area contributed by atoms with Crippen LogP contribution in [0, 0.1) is 0 Å². The quantitative estimate of drug-likeness (QED) is 0.840. The minimum Gasteiger partial charge on any atom is -0.495 e. The third-order valence-electron chi connectivity index (χ3n) is 2.70. The molecule has 22 heavy (non-hydrogen) atoms. The number of halogens is 2. The summed E-state index contributed by atoms with van der Waals surface area (Å²) in [7, 11) is 1.48. The lowest BCUT2D eigenvalue weighted by Crippen LogP contribution is -2.29. The van der Waals surface area contributed by atoms with Crippen molar-refractivity contribution in [3.05, 3.63) is 52.5 Å². The largest absolute Gasteiger partial charge is 0.495 e. The Morgan fingerprint density at radius 2 is 1.59 bits per heavy atom. The van der Waals surface area contributed by atoms with Crippen LogP contribution in [0.2, 0.25) is 10.0 Å². The Kier molecular flexibility index (Phi) is 5.25. The first-order valence-corrected chi connectivity index (χ1v) is 6.96. The van der Waals surface area contributed by atoms with Gasteiger partial charge in [0.25, 0.3) is 0 Å². The van der Waals surface area contributed by atoms with Gasteiger partial charge in [-0.25, -0.2) is 0 Å². The van der Waals surface area contributed by atoms with Crippen molar-refractivity contribution in [3.63, 3.8) is 0 Å². The lowest BCUT2D eigenvalue weighted by Gasteiger charge is -2.08. The van der Waals surface area contributed by atoms with Gasteiger partial charge in [-0.05, 0) is 36.4 Å². The molecule has 2 rings (SSSR count). The molecule has 0 atom stereocenters. The number of hydrogen-bond donors (Lipinski definition) is 2. The van der Waals surface area contributed by atoms with Crippen molar-refractivity contribution < 1.29 is 14.3 Å². The molecule has 7 heteroatoms. The highest BCUT2D eigenvalue weighted by atomic mass is 35.5. The van der Waals surface area contributed by atoms with Gasteiger partial charge >= 0.3 is 11.8 Å².